The predicted octanol–water partition coefficient (Wildman–Crippen LogP) is 5.13. The summed E-state index contributed by atoms with van der Waals surface area (Å²) in [5.74, 6) is -3.14. The first-order valence-electron chi connectivity index (χ1n) is 9.74. The summed E-state index contributed by atoms with van der Waals surface area (Å²) in [5, 5.41) is 0. The number of hydrogen-bond acceptors (Lipinski definition) is 3. The van der Waals surface area contributed by atoms with Crippen LogP contribution in [0.4, 0.5) is 18.9 Å². The fraction of sp³-hybridized carbons (Fsp3) is 0.0833. The molecule has 160 valence electrons. The van der Waals surface area contributed by atoms with Gasteiger partial charge in [-0.25, -0.2) is 18.2 Å². The third-order valence-electron chi connectivity index (χ3n) is 5.51. The minimum atomic E-state index is -1.07. The Kier molecular flexibility index (Phi) is 4.70. The Bertz CT molecular complexity index is 1380. The molecule has 0 bridgehead atoms. The number of carbonyl (C=O) groups is 1. The van der Waals surface area contributed by atoms with E-state index in [9.17, 15) is 13.6 Å². The largest absolute Gasteiger partial charge is 0.491 e. The molecule has 0 saturated carbocycles. The number of benzene rings is 3. The van der Waals surface area contributed by atoms with Crippen LogP contribution in [-0.2, 0) is 9.53 Å². The lowest BCUT2D eigenvalue weighted by atomic mass is 9.92. The molecule has 3 aromatic carbocycles. The molecule has 1 aromatic heterocycles. The van der Waals surface area contributed by atoms with Gasteiger partial charge in [0.1, 0.15) is 5.82 Å². The summed E-state index contributed by atoms with van der Waals surface area (Å²) in [7, 11) is 1.33. The van der Waals surface area contributed by atoms with Crippen LogP contribution < -0.4 is 4.90 Å². The van der Waals surface area contributed by atoms with Crippen molar-refractivity contribution in [2.45, 2.75) is 6.04 Å². The summed E-state index contributed by atoms with van der Waals surface area (Å²) in [6.45, 7) is 0. The Morgan fingerprint density at radius 3 is 2.56 bits per heavy atom. The van der Waals surface area contributed by atoms with Crippen molar-refractivity contribution >= 4 is 28.2 Å². The second-order valence-electron chi connectivity index (χ2n) is 7.28. The van der Waals surface area contributed by atoms with Crippen molar-refractivity contribution in [3.8, 4) is 0 Å². The highest BCUT2D eigenvalue weighted by molar-refractivity contribution is 6.16. The molecule has 0 aliphatic carbocycles. The van der Waals surface area contributed by atoms with Crippen molar-refractivity contribution in [2.24, 2.45) is 0 Å². The van der Waals surface area contributed by atoms with Gasteiger partial charge in [0.15, 0.2) is 17.4 Å². The molecule has 2 heterocycles. The molecule has 1 aliphatic rings. The highest BCUT2D eigenvalue weighted by Gasteiger charge is 2.44. The Hall–Kier alpha value is -4.07. The Balaban J connectivity index is 1.77. The van der Waals surface area contributed by atoms with E-state index in [2.05, 4.69) is 9.97 Å². The lowest BCUT2D eigenvalue weighted by molar-refractivity contribution is -0.117. The van der Waals surface area contributed by atoms with Gasteiger partial charge in [-0.3, -0.25) is 9.69 Å². The van der Waals surface area contributed by atoms with Crippen LogP contribution >= 0.6 is 0 Å². The number of nitrogens with one attached hydrogen (secondary N) is 1. The highest BCUT2D eigenvalue weighted by Crippen LogP contribution is 2.47. The fourth-order valence-corrected chi connectivity index (χ4v) is 4.08. The fourth-order valence-electron chi connectivity index (χ4n) is 4.08. The minimum Gasteiger partial charge on any atom is -0.491 e. The molecule has 5 rings (SSSR count). The second kappa shape index (κ2) is 7.56. The number of amides is 1. The SMILES string of the molecule is COC1=C(c2ccc(F)cc2)C(c2cccc(F)c2F)N(c2ccc3nc[nH]c3c2)C1=O. The summed E-state index contributed by atoms with van der Waals surface area (Å²) in [6, 6.07) is 13.3. The number of halogens is 3. The van der Waals surface area contributed by atoms with Crippen molar-refractivity contribution in [2.75, 3.05) is 12.0 Å². The van der Waals surface area contributed by atoms with E-state index in [4.69, 9.17) is 4.74 Å². The number of aromatic amines is 1. The van der Waals surface area contributed by atoms with Crippen LogP contribution in [0.5, 0.6) is 0 Å². The molecule has 0 radical (unpaired) electrons. The third-order valence-corrected chi connectivity index (χ3v) is 5.51. The molecule has 0 spiro atoms. The van der Waals surface area contributed by atoms with Crippen molar-refractivity contribution in [3.63, 3.8) is 0 Å². The van der Waals surface area contributed by atoms with Gasteiger partial charge in [0, 0.05) is 16.8 Å². The van der Waals surface area contributed by atoms with Crippen LogP contribution in [0.25, 0.3) is 16.6 Å². The van der Waals surface area contributed by atoms with Gasteiger partial charge in [0.2, 0.25) is 0 Å². The van der Waals surface area contributed by atoms with E-state index in [0.29, 0.717) is 27.9 Å². The smallest absolute Gasteiger partial charge is 0.294 e. The van der Waals surface area contributed by atoms with Gasteiger partial charge < -0.3 is 9.72 Å². The monoisotopic (exact) mass is 435 g/mol. The normalized spacial score (nSPS) is 16.3. The van der Waals surface area contributed by atoms with E-state index in [1.165, 1.54) is 54.7 Å². The van der Waals surface area contributed by atoms with Gasteiger partial charge >= 0.3 is 0 Å². The number of anilines is 1. The molecule has 1 atom stereocenters. The molecule has 0 saturated heterocycles. The number of fused-ring (bicyclic) bond motifs is 1. The molecular weight excluding hydrogens is 419 g/mol. The van der Waals surface area contributed by atoms with E-state index in [0.717, 1.165) is 6.07 Å². The molecule has 1 amide bonds. The average molecular weight is 435 g/mol. The van der Waals surface area contributed by atoms with E-state index in [1.54, 1.807) is 18.2 Å². The van der Waals surface area contributed by atoms with Gasteiger partial charge in [-0.05, 0) is 42.0 Å². The number of methoxy groups -OCH3 is 1. The van der Waals surface area contributed by atoms with Crippen molar-refractivity contribution in [3.05, 3.63) is 101 Å². The van der Waals surface area contributed by atoms with Crippen LogP contribution in [0, 0.1) is 17.5 Å². The third kappa shape index (κ3) is 3.03. The van der Waals surface area contributed by atoms with Crippen molar-refractivity contribution in [1.82, 2.24) is 9.97 Å². The number of ether oxygens (including phenoxy) is 1. The van der Waals surface area contributed by atoms with Gasteiger partial charge in [-0.2, -0.15) is 0 Å². The van der Waals surface area contributed by atoms with Crippen molar-refractivity contribution in [1.29, 1.82) is 0 Å². The number of H-pyrrole nitrogens is 1. The number of carbonyl (C=O) groups excluding carboxylic acids is 1. The average Bonchev–Trinajstić information content (AvgIpc) is 3.37. The number of nitrogens with zero attached hydrogens (tertiary/aromatic N) is 2. The van der Waals surface area contributed by atoms with E-state index >= 15 is 4.39 Å². The maximum atomic E-state index is 15.0. The van der Waals surface area contributed by atoms with Gasteiger partial charge in [-0.15, -0.1) is 0 Å². The molecule has 5 nitrogen and oxygen atoms in total. The molecule has 32 heavy (non-hydrogen) atoms. The highest BCUT2D eigenvalue weighted by atomic mass is 19.2. The zero-order valence-corrected chi connectivity index (χ0v) is 16.8. The topological polar surface area (TPSA) is 58.2 Å². The first-order chi connectivity index (χ1) is 15.5. The van der Waals surface area contributed by atoms with Gasteiger partial charge in [-0.1, -0.05) is 24.3 Å². The van der Waals surface area contributed by atoms with Gasteiger partial charge in [0.05, 0.1) is 30.5 Å². The van der Waals surface area contributed by atoms with E-state index < -0.39 is 29.4 Å². The van der Waals surface area contributed by atoms with Crippen LogP contribution in [0.3, 0.4) is 0 Å². The Morgan fingerprint density at radius 2 is 1.81 bits per heavy atom. The molecule has 4 aromatic rings. The number of hydrogen-bond donors (Lipinski definition) is 1. The maximum Gasteiger partial charge on any atom is 0.294 e. The Morgan fingerprint density at radius 1 is 1.03 bits per heavy atom. The predicted molar refractivity (Wildman–Crippen MR) is 113 cm³/mol. The lowest BCUT2D eigenvalue weighted by Gasteiger charge is -2.28. The molecular formula is C24H16F3N3O2. The van der Waals surface area contributed by atoms with Crippen LogP contribution in [0.1, 0.15) is 17.2 Å². The number of imidazole rings is 1. The van der Waals surface area contributed by atoms with E-state index in [1.807, 2.05) is 0 Å². The molecule has 8 heteroatoms. The quantitative estimate of drug-likeness (QED) is 0.484. The Labute approximate surface area is 180 Å². The number of rotatable bonds is 4. The first kappa shape index (κ1) is 19.9. The van der Waals surface area contributed by atoms with Gasteiger partial charge in [0.25, 0.3) is 5.91 Å². The summed E-state index contributed by atoms with van der Waals surface area (Å²) in [4.78, 5) is 22.0. The summed E-state index contributed by atoms with van der Waals surface area (Å²) >= 11 is 0. The standard InChI is InChI=1S/C24H16F3N3O2/c1-32-23-20(13-5-7-14(25)8-6-13)22(16-3-2-4-17(26)21(16)27)30(24(23)31)15-9-10-18-19(11-15)29-12-28-18/h2-12,22H,1H3,(H,28,29). The maximum absolute atomic E-state index is 15.0. The van der Waals surface area contributed by atoms with Crippen LogP contribution in [0.2, 0.25) is 0 Å². The van der Waals surface area contributed by atoms with Crippen molar-refractivity contribution < 1.29 is 22.7 Å². The zero-order valence-electron chi connectivity index (χ0n) is 16.8. The van der Waals surface area contributed by atoms with Crippen LogP contribution in [-0.4, -0.2) is 23.0 Å². The second-order valence-corrected chi connectivity index (χ2v) is 7.28. The molecule has 1 N–H and O–H groups in total. The minimum absolute atomic E-state index is 0.0324. The van der Waals surface area contributed by atoms with E-state index in [-0.39, 0.29) is 11.3 Å². The summed E-state index contributed by atoms with van der Waals surface area (Å²) < 4.78 is 48.2. The summed E-state index contributed by atoms with van der Waals surface area (Å²) in [5.41, 5.74) is 2.51. The van der Waals surface area contributed by atoms with Crippen LogP contribution in [0.15, 0.2) is 72.8 Å². The lowest BCUT2D eigenvalue weighted by Crippen LogP contribution is -2.31. The molecule has 1 aliphatic heterocycles. The number of aromatic nitrogens is 2. The molecule has 0 fully saturated rings. The summed E-state index contributed by atoms with van der Waals surface area (Å²) in [6.07, 6.45) is 1.52. The first-order valence-corrected chi connectivity index (χ1v) is 9.74. The molecule has 1 unspecified atom stereocenters. The zero-order chi connectivity index (χ0) is 22.4.